The van der Waals surface area contributed by atoms with E-state index in [0.717, 1.165) is 16.6 Å². The number of rotatable bonds is 8. The summed E-state index contributed by atoms with van der Waals surface area (Å²) in [6, 6.07) is 15.1. The van der Waals surface area contributed by atoms with E-state index in [-0.39, 0.29) is 5.91 Å². The molecule has 0 unspecified atom stereocenters. The number of ether oxygens (including phenoxy) is 2. The number of amides is 1. The number of benzene rings is 1. The first-order chi connectivity index (χ1) is 16.2. The number of hydrogen-bond acceptors (Lipinski definition) is 6. The zero-order chi connectivity index (χ0) is 22.6. The zero-order valence-electron chi connectivity index (χ0n) is 18.0. The molecule has 0 saturated heterocycles. The molecule has 0 aliphatic heterocycles. The molecule has 0 bridgehead atoms. The number of nitrogens with zero attached hydrogens (tertiary/aromatic N) is 5. The Morgan fingerprint density at radius 2 is 2.00 bits per heavy atom. The summed E-state index contributed by atoms with van der Waals surface area (Å²) >= 11 is 0. The number of hydrogen-bond donors (Lipinski definition) is 1. The van der Waals surface area contributed by atoms with Gasteiger partial charge in [0.05, 0.1) is 42.4 Å². The van der Waals surface area contributed by atoms with Gasteiger partial charge in [-0.05, 0) is 30.3 Å². The molecule has 5 rings (SSSR count). The molecule has 9 heteroatoms. The van der Waals surface area contributed by atoms with Gasteiger partial charge in [0, 0.05) is 31.0 Å². The Labute approximate surface area is 189 Å². The van der Waals surface area contributed by atoms with E-state index in [4.69, 9.17) is 9.47 Å². The number of pyridine rings is 2. The largest absolute Gasteiger partial charge is 0.491 e. The second kappa shape index (κ2) is 9.09. The van der Waals surface area contributed by atoms with E-state index in [1.807, 2.05) is 41.1 Å². The molecule has 33 heavy (non-hydrogen) atoms. The van der Waals surface area contributed by atoms with Gasteiger partial charge in [0.2, 0.25) is 0 Å². The molecule has 0 spiro atoms. The molecular weight excluding hydrogens is 420 g/mol. The van der Waals surface area contributed by atoms with Crippen molar-refractivity contribution in [3.05, 3.63) is 84.7 Å². The van der Waals surface area contributed by atoms with E-state index in [1.54, 1.807) is 48.4 Å². The molecule has 4 aromatic heterocycles. The monoisotopic (exact) mass is 442 g/mol. The van der Waals surface area contributed by atoms with Gasteiger partial charge in [0.1, 0.15) is 23.7 Å². The van der Waals surface area contributed by atoms with Gasteiger partial charge < -0.3 is 14.8 Å². The Balaban J connectivity index is 1.37. The third-order valence-corrected chi connectivity index (χ3v) is 5.25. The maximum Gasteiger partial charge on any atom is 0.274 e. The average Bonchev–Trinajstić information content (AvgIpc) is 3.45. The minimum absolute atomic E-state index is 0.263. The predicted octanol–water partition coefficient (Wildman–Crippen LogP) is 3.40. The summed E-state index contributed by atoms with van der Waals surface area (Å²) in [5, 5.41) is 8.34. The normalized spacial score (nSPS) is 11.2. The number of carbonyl (C=O) groups excluding carboxylic acids is 1. The fourth-order valence-corrected chi connectivity index (χ4v) is 3.63. The first-order valence-electron chi connectivity index (χ1n) is 10.5. The maximum atomic E-state index is 13.1. The molecule has 0 fully saturated rings. The van der Waals surface area contributed by atoms with Crippen LogP contribution in [0.25, 0.3) is 16.6 Å². The van der Waals surface area contributed by atoms with E-state index in [1.165, 1.54) is 0 Å². The lowest BCUT2D eigenvalue weighted by Crippen LogP contribution is -2.14. The minimum Gasteiger partial charge on any atom is -0.491 e. The van der Waals surface area contributed by atoms with Crippen LogP contribution in [0.1, 0.15) is 16.2 Å². The zero-order valence-corrected chi connectivity index (χ0v) is 18.0. The number of imidazole rings is 1. The summed E-state index contributed by atoms with van der Waals surface area (Å²) in [5.74, 6) is 0.405. The van der Waals surface area contributed by atoms with Gasteiger partial charge in [-0.2, -0.15) is 5.10 Å². The molecule has 0 aliphatic carbocycles. The SMILES string of the molecule is COCCOc1ccn2c(C(=O)Nc3cccc4c3cnn4Cc3ccccn3)cnc2c1. The highest BCUT2D eigenvalue weighted by Gasteiger charge is 2.15. The van der Waals surface area contributed by atoms with Crippen molar-refractivity contribution < 1.29 is 14.3 Å². The Hall–Kier alpha value is -4.24. The summed E-state index contributed by atoms with van der Waals surface area (Å²) in [5.41, 5.74) is 3.55. The highest BCUT2D eigenvalue weighted by atomic mass is 16.5. The molecule has 4 heterocycles. The third-order valence-electron chi connectivity index (χ3n) is 5.25. The van der Waals surface area contributed by atoms with E-state index >= 15 is 0 Å². The molecule has 0 aliphatic rings. The van der Waals surface area contributed by atoms with Crippen LogP contribution in [0, 0.1) is 0 Å². The topological polar surface area (TPSA) is 95.6 Å². The van der Waals surface area contributed by atoms with E-state index in [0.29, 0.717) is 42.5 Å². The number of aromatic nitrogens is 5. The molecule has 5 aromatic rings. The van der Waals surface area contributed by atoms with Crippen molar-refractivity contribution >= 4 is 28.1 Å². The number of methoxy groups -OCH3 is 1. The molecule has 1 aromatic carbocycles. The van der Waals surface area contributed by atoms with Crippen molar-refractivity contribution in [2.45, 2.75) is 6.54 Å². The van der Waals surface area contributed by atoms with Crippen LogP contribution in [0.15, 0.2) is 73.3 Å². The highest BCUT2D eigenvalue weighted by Crippen LogP contribution is 2.24. The van der Waals surface area contributed by atoms with Crippen molar-refractivity contribution in [2.75, 3.05) is 25.6 Å². The summed E-state index contributed by atoms with van der Waals surface area (Å²) in [4.78, 5) is 21.8. The van der Waals surface area contributed by atoms with Crippen molar-refractivity contribution in [1.82, 2.24) is 24.1 Å². The molecule has 0 radical (unpaired) electrons. The molecule has 0 saturated carbocycles. The lowest BCUT2D eigenvalue weighted by Gasteiger charge is -2.08. The van der Waals surface area contributed by atoms with Crippen LogP contribution in [-0.4, -0.2) is 50.4 Å². The van der Waals surface area contributed by atoms with Crippen LogP contribution in [0.2, 0.25) is 0 Å². The average molecular weight is 442 g/mol. The van der Waals surface area contributed by atoms with Crippen LogP contribution in [0.3, 0.4) is 0 Å². The van der Waals surface area contributed by atoms with Crippen LogP contribution in [0.4, 0.5) is 5.69 Å². The van der Waals surface area contributed by atoms with E-state index in [9.17, 15) is 4.79 Å². The highest BCUT2D eigenvalue weighted by molar-refractivity contribution is 6.08. The van der Waals surface area contributed by atoms with Gasteiger partial charge in [-0.1, -0.05) is 12.1 Å². The Morgan fingerprint density at radius 3 is 2.85 bits per heavy atom. The predicted molar refractivity (Wildman–Crippen MR) is 124 cm³/mol. The van der Waals surface area contributed by atoms with Gasteiger partial charge in [-0.3, -0.25) is 18.9 Å². The van der Waals surface area contributed by atoms with Gasteiger partial charge in [-0.15, -0.1) is 0 Å². The van der Waals surface area contributed by atoms with Crippen molar-refractivity contribution in [3.8, 4) is 5.75 Å². The standard InChI is InChI=1S/C24H22N6O3/c1-32-11-12-33-18-8-10-29-22(15-26-23(29)13-18)24(31)28-20-6-4-7-21-19(20)14-27-30(21)16-17-5-2-3-9-25-17/h2-10,13-15H,11-12,16H2,1H3,(H,28,31). The lowest BCUT2D eigenvalue weighted by atomic mass is 10.2. The second-order valence-corrected chi connectivity index (χ2v) is 7.39. The van der Waals surface area contributed by atoms with Crippen LogP contribution in [-0.2, 0) is 11.3 Å². The first-order valence-corrected chi connectivity index (χ1v) is 10.5. The molecule has 1 amide bonds. The molecule has 9 nitrogen and oxygen atoms in total. The smallest absolute Gasteiger partial charge is 0.274 e. The molecular formula is C24H22N6O3. The summed E-state index contributed by atoms with van der Waals surface area (Å²) in [6.07, 6.45) is 6.84. The quantitative estimate of drug-likeness (QED) is 0.370. The van der Waals surface area contributed by atoms with Gasteiger partial charge in [0.15, 0.2) is 0 Å². The number of fused-ring (bicyclic) bond motifs is 2. The summed E-state index contributed by atoms with van der Waals surface area (Å²) in [6.45, 7) is 1.49. The van der Waals surface area contributed by atoms with Gasteiger partial charge >= 0.3 is 0 Å². The molecule has 1 N–H and O–H groups in total. The Kier molecular flexibility index (Phi) is 5.69. The fraction of sp³-hybridized carbons (Fsp3) is 0.167. The lowest BCUT2D eigenvalue weighted by molar-refractivity contribution is 0.102. The Morgan fingerprint density at radius 1 is 1.06 bits per heavy atom. The second-order valence-electron chi connectivity index (χ2n) is 7.39. The van der Waals surface area contributed by atoms with Crippen LogP contribution in [0.5, 0.6) is 5.75 Å². The number of nitrogens with one attached hydrogen (secondary N) is 1. The number of carbonyl (C=O) groups is 1. The first kappa shape index (κ1) is 20.7. The summed E-state index contributed by atoms with van der Waals surface area (Å²) < 4.78 is 14.2. The van der Waals surface area contributed by atoms with Crippen LogP contribution < -0.4 is 10.1 Å². The third kappa shape index (κ3) is 4.26. The summed E-state index contributed by atoms with van der Waals surface area (Å²) in [7, 11) is 1.62. The van der Waals surface area contributed by atoms with Gasteiger partial charge in [0.25, 0.3) is 5.91 Å². The van der Waals surface area contributed by atoms with E-state index < -0.39 is 0 Å². The van der Waals surface area contributed by atoms with E-state index in [2.05, 4.69) is 20.4 Å². The minimum atomic E-state index is -0.263. The van der Waals surface area contributed by atoms with Gasteiger partial charge in [-0.25, -0.2) is 4.98 Å². The molecule has 0 atom stereocenters. The maximum absolute atomic E-state index is 13.1. The number of anilines is 1. The molecule has 166 valence electrons. The fourth-order valence-electron chi connectivity index (χ4n) is 3.63. The Bertz CT molecular complexity index is 1410. The van der Waals surface area contributed by atoms with Crippen molar-refractivity contribution in [1.29, 1.82) is 0 Å². The van der Waals surface area contributed by atoms with Crippen LogP contribution >= 0.6 is 0 Å². The van der Waals surface area contributed by atoms with Crippen molar-refractivity contribution in [2.24, 2.45) is 0 Å². The van der Waals surface area contributed by atoms with Crippen molar-refractivity contribution in [3.63, 3.8) is 0 Å².